The van der Waals surface area contributed by atoms with Gasteiger partial charge in [-0.05, 0) is 31.0 Å². The largest absolute Gasteiger partial charge is 0.416 e. The van der Waals surface area contributed by atoms with Crippen molar-refractivity contribution in [2.75, 3.05) is 6.54 Å². The maximum Gasteiger partial charge on any atom is 0.416 e. The van der Waals surface area contributed by atoms with Gasteiger partial charge in [-0.1, -0.05) is 19.3 Å². The molecule has 114 valence electrons. The molecule has 0 aliphatic heterocycles. The van der Waals surface area contributed by atoms with Crippen molar-refractivity contribution < 1.29 is 13.2 Å². The molecule has 0 unspecified atom stereocenters. The molecule has 0 atom stereocenters. The second-order valence-corrected chi connectivity index (χ2v) is 5.86. The second-order valence-electron chi connectivity index (χ2n) is 5.86. The Morgan fingerprint density at radius 3 is 2.52 bits per heavy atom. The summed E-state index contributed by atoms with van der Waals surface area (Å²) in [5.74, 6) is 0.735. The lowest BCUT2D eigenvalue weighted by atomic mass is 9.73. The summed E-state index contributed by atoms with van der Waals surface area (Å²) in [5, 5.41) is 0. The van der Waals surface area contributed by atoms with E-state index in [1.165, 1.54) is 12.5 Å². The molecule has 3 nitrogen and oxygen atoms in total. The molecule has 0 saturated heterocycles. The van der Waals surface area contributed by atoms with E-state index in [2.05, 4.69) is 9.97 Å². The number of hydrogen-bond donors (Lipinski definition) is 2. The number of aromatic amines is 1. The summed E-state index contributed by atoms with van der Waals surface area (Å²) < 4.78 is 38.3. The molecular weight excluding hydrogens is 279 g/mol. The number of rotatable bonds is 2. The van der Waals surface area contributed by atoms with Crippen LogP contribution in [0.15, 0.2) is 18.2 Å². The fraction of sp³-hybridized carbons (Fsp3) is 0.533. The highest BCUT2D eigenvalue weighted by Crippen LogP contribution is 2.38. The van der Waals surface area contributed by atoms with Crippen LogP contribution in [-0.4, -0.2) is 16.5 Å². The Morgan fingerprint density at radius 2 is 1.90 bits per heavy atom. The van der Waals surface area contributed by atoms with Crippen molar-refractivity contribution >= 4 is 11.0 Å². The average molecular weight is 297 g/mol. The number of aromatic nitrogens is 2. The number of fused-ring (bicyclic) bond motifs is 1. The van der Waals surface area contributed by atoms with Crippen LogP contribution in [0, 0.1) is 0 Å². The summed E-state index contributed by atoms with van der Waals surface area (Å²) in [5.41, 5.74) is 6.08. The van der Waals surface area contributed by atoms with E-state index in [1.54, 1.807) is 0 Å². The fourth-order valence-electron chi connectivity index (χ4n) is 3.20. The van der Waals surface area contributed by atoms with Crippen LogP contribution in [0.25, 0.3) is 11.0 Å². The van der Waals surface area contributed by atoms with Gasteiger partial charge in [0.25, 0.3) is 0 Å². The van der Waals surface area contributed by atoms with Gasteiger partial charge in [-0.15, -0.1) is 0 Å². The van der Waals surface area contributed by atoms with Crippen LogP contribution in [0.4, 0.5) is 13.2 Å². The van der Waals surface area contributed by atoms with Gasteiger partial charge in [-0.3, -0.25) is 0 Å². The smallest absolute Gasteiger partial charge is 0.341 e. The van der Waals surface area contributed by atoms with Gasteiger partial charge in [0.05, 0.1) is 16.6 Å². The van der Waals surface area contributed by atoms with E-state index in [0.29, 0.717) is 17.6 Å². The number of alkyl halides is 3. The van der Waals surface area contributed by atoms with E-state index in [4.69, 9.17) is 5.73 Å². The maximum atomic E-state index is 12.8. The minimum Gasteiger partial charge on any atom is -0.341 e. The van der Waals surface area contributed by atoms with Gasteiger partial charge in [0.1, 0.15) is 5.82 Å². The third-order valence-electron chi connectivity index (χ3n) is 4.51. The van der Waals surface area contributed by atoms with Crippen LogP contribution >= 0.6 is 0 Å². The Balaban J connectivity index is 2.04. The van der Waals surface area contributed by atoms with Gasteiger partial charge in [0, 0.05) is 12.0 Å². The Bertz CT molecular complexity index is 639. The molecule has 1 aliphatic rings. The standard InChI is InChI=1S/C15H18F3N3/c16-15(17,18)10-4-5-11-12(8-10)21-13(20-11)14(9-19)6-2-1-3-7-14/h4-5,8H,1-3,6-7,9,19H2,(H,20,21). The molecule has 0 spiro atoms. The Labute approximate surface area is 120 Å². The number of benzene rings is 1. The van der Waals surface area contributed by atoms with Crippen LogP contribution in [0.2, 0.25) is 0 Å². The van der Waals surface area contributed by atoms with Crippen molar-refractivity contribution in [3.8, 4) is 0 Å². The zero-order valence-corrected chi connectivity index (χ0v) is 11.6. The first-order chi connectivity index (χ1) is 9.94. The van der Waals surface area contributed by atoms with Gasteiger partial charge < -0.3 is 10.7 Å². The first-order valence-corrected chi connectivity index (χ1v) is 7.22. The number of halogens is 3. The van der Waals surface area contributed by atoms with Crippen LogP contribution in [0.1, 0.15) is 43.5 Å². The molecule has 21 heavy (non-hydrogen) atoms. The third-order valence-corrected chi connectivity index (χ3v) is 4.51. The van der Waals surface area contributed by atoms with Crippen molar-refractivity contribution in [2.24, 2.45) is 5.73 Å². The van der Waals surface area contributed by atoms with E-state index in [-0.39, 0.29) is 5.41 Å². The highest BCUT2D eigenvalue weighted by atomic mass is 19.4. The summed E-state index contributed by atoms with van der Waals surface area (Å²) >= 11 is 0. The summed E-state index contributed by atoms with van der Waals surface area (Å²) in [7, 11) is 0. The van der Waals surface area contributed by atoms with E-state index in [9.17, 15) is 13.2 Å². The van der Waals surface area contributed by atoms with Crippen LogP contribution in [-0.2, 0) is 11.6 Å². The van der Waals surface area contributed by atoms with Gasteiger partial charge in [-0.2, -0.15) is 13.2 Å². The van der Waals surface area contributed by atoms with E-state index in [1.807, 2.05) is 0 Å². The van der Waals surface area contributed by atoms with Crippen LogP contribution < -0.4 is 5.73 Å². The minimum atomic E-state index is -4.34. The fourth-order valence-corrected chi connectivity index (χ4v) is 3.20. The molecule has 3 N–H and O–H groups in total. The second kappa shape index (κ2) is 5.02. The molecule has 1 saturated carbocycles. The molecule has 1 heterocycles. The first-order valence-electron chi connectivity index (χ1n) is 7.22. The van der Waals surface area contributed by atoms with E-state index < -0.39 is 11.7 Å². The Morgan fingerprint density at radius 1 is 1.19 bits per heavy atom. The molecule has 6 heteroatoms. The van der Waals surface area contributed by atoms with Crippen molar-refractivity contribution in [2.45, 2.75) is 43.7 Å². The zero-order valence-electron chi connectivity index (χ0n) is 11.6. The number of hydrogen-bond acceptors (Lipinski definition) is 2. The Hall–Kier alpha value is -1.56. The van der Waals surface area contributed by atoms with E-state index in [0.717, 1.165) is 43.6 Å². The normalized spacial score (nSPS) is 19.0. The van der Waals surface area contributed by atoms with Gasteiger partial charge in [0.2, 0.25) is 0 Å². The molecule has 0 radical (unpaired) electrons. The number of nitrogens with two attached hydrogens (primary N) is 1. The minimum absolute atomic E-state index is 0.213. The first kappa shape index (κ1) is 14.4. The molecule has 0 bridgehead atoms. The maximum absolute atomic E-state index is 12.8. The molecule has 1 fully saturated rings. The molecular formula is C15H18F3N3. The third kappa shape index (κ3) is 2.52. The SMILES string of the molecule is NCC1(c2nc3ccc(C(F)(F)F)cc3[nH]2)CCCCC1. The van der Waals surface area contributed by atoms with Crippen LogP contribution in [0.5, 0.6) is 0 Å². The lowest BCUT2D eigenvalue weighted by Gasteiger charge is -2.34. The molecule has 1 aromatic carbocycles. The summed E-state index contributed by atoms with van der Waals surface area (Å²) in [6, 6.07) is 3.62. The highest BCUT2D eigenvalue weighted by molar-refractivity contribution is 5.76. The number of imidazole rings is 1. The monoisotopic (exact) mass is 297 g/mol. The quantitative estimate of drug-likeness (QED) is 0.887. The van der Waals surface area contributed by atoms with Crippen molar-refractivity contribution in [1.29, 1.82) is 0 Å². The molecule has 2 aromatic rings. The lowest BCUT2D eigenvalue weighted by Crippen LogP contribution is -2.38. The number of H-pyrrole nitrogens is 1. The van der Waals surface area contributed by atoms with Gasteiger partial charge >= 0.3 is 6.18 Å². The van der Waals surface area contributed by atoms with Crippen molar-refractivity contribution in [3.05, 3.63) is 29.6 Å². The summed E-state index contributed by atoms with van der Waals surface area (Å²) in [6.45, 7) is 0.471. The summed E-state index contributed by atoms with van der Waals surface area (Å²) in [6.07, 6.45) is 0.894. The predicted octanol–water partition coefficient (Wildman–Crippen LogP) is 3.74. The lowest BCUT2D eigenvalue weighted by molar-refractivity contribution is -0.137. The highest BCUT2D eigenvalue weighted by Gasteiger charge is 2.36. The average Bonchev–Trinajstić information content (AvgIpc) is 2.90. The van der Waals surface area contributed by atoms with Crippen molar-refractivity contribution in [1.82, 2.24) is 9.97 Å². The topological polar surface area (TPSA) is 54.7 Å². The predicted molar refractivity (Wildman–Crippen MR) is 74.9 cm³/mol. The van der Waals surface area contributed by atoms with Gasteiger partial charge in [-0.25, -0.2) is 4.98 Å². The number of nitrogens with zero attached hydrogens (tertiary/aromatic N) is 1. The molecule has 3 rings (SSSR count). The Kier molecular flexibility index (Phi) is 3.43. The molecule has 1 aromatic heterocycles. The summed E-state index contributed by atoms with van der Waals surface area (Å²) in [4.78, 5) is 7.58. The van der Waals surface area contributed by atoms with E-state index >= 15 is 0 Å². The van der Waals surface area contributed by atoms with Crippen molar-refractivity contribution in [3.63, 3.8) is 0 Å². The van der Waals surface area contributed by atoms with Gasteiger partial charge in [0.15, 0.2) is 0 Å². The molecule has 1 aliphatic carbocycles. The zero-order chi connectivity index (χ0) is 15.1. The van der Waals surface area contributed by atoms with Crippen LogP contribution in [0.3, 0.4) is 0 Å². The molecule has 0 amide bonds. The number of nitrogens with one attached hydrogen (secondary N) is 1.